The van der Waals surface area contributed by atoms with Crippen LogP contribution in [-0.4, -0.2) is 16.8 Å². The van der Waals surface area contributed by atoms with E-state index in [0.717, 1.165) is 10.9 Å². The normalized spacial score (nSPS) is 10.3. The highest BCUT2D eigenvalue weighted by atomic mass is 16.2. The molecule has 0 aliphatic carbocycles. The van der Waals surface area contributed by atoms with Gasteiger partial charge in [0.2, 0.25) is 0 Å². The molecule has 0 atom stereocenters. The van der Waals surface area contributed by atoms with Crippen LogP contribution in [0.1, 0.15) is 5.56 Å². The number of aromatic nitrogens is 1. The quantitative estimate of drug-likeness (QED) is 0.715. The number of aryl methyl sites for hydroxylation is 1. The van der Waals surface area contributed by atoms with E-state index in [9.17, 15) is 9.59 Å². The molecule has 3 rings (SSSR count). The van der Waals surface area contributed by atoms with Crippen molar-refractivity contribution in [2.24, 2.45) is 0 Å². The summed E-state index contributed by atoms with van der Waals surface area (Å²) in [5.74, 6) is -1.45. The molecule has 2 aromatic carbocycles. The first-order valence-corrected chi connectivity index (χ1v) is 7.16. The van der Waals surface area contributed by atoms with E-state index in [-0.39, 0.29) is 0 Å². The molecule has 0 bridgehead atoms. The number of para-hydroxylation sites is 1. The average Bonchev–Trinajstić information content (AvgIpc) is 2.55. The number of hydrogen-bond donors (Lipinski definition) is 2. The maximum Gasteiger partial charge on any atom is 0.314 e. The van der Waals surface area contributed by atoms with Crippen molar-refractivity contribution >= 4 is 34.1 Å². The second-order valence-electron chi connectivity index (χ2n) is 5.16. The number of anilines is 2. The third-order valence-electron chi connectivity index (χ3n) is 3.36. The number of benzene rings is 2. The Kier molecular flexibility index (Phi) is 4.01. The molecule has 2 N–H and O–H groups in total. The Hall–Kier alpha value is -3.21. The summed E-state index contributed by atoms with van der Waals surface area (Å²) in [4.78, 5) is 28.4. The summed E-state index contributed by atoms with van der Waals surface area (Å²) in [5, 5.41) is 6.08. The van der Waals surface area contributed by atoms with E-state index >= 15 is 0 Å². The highest BCUT2D eigenvalue weighted by Crippen LogP contribution is 2.20. The van der Waals surface area contributed by atoms with Crippen molar-refractivity contribution in [1.82, 2.24) is 4.98 Å². The van der Waals surface area contributed by atoms with Gasteiger partial charge in [0.1, 0.15) is 0 Å². The molecular formula is C18H15N3O2. The SMILES string of the molecule is Cc1cccc(NC(=O)C(=O)Nc2cccc3cccnc23)c1. The smallest absolute Gasteiger partial charge is 0.314 e. The molecular weight excluding hydrogens is 290 g/mol. The maximum absolute atomic E-state index is 12.1. The summed E-state index contributed by atoms with van der Waals surface area (Å²) >= 11 is 0. The number of amides is 2. The van der Waals surface area contributed by atoms with Gasteiger partial charge in [-0.2, -0.15) is 0 Å². The largest absolute Gasteiger partial charge is 0.318 e. The molecule has 23 heavy (non-hydrogen) atoms. The van der Waals surface area contributed by atoms with E-state index in [2.05, 4.69) is 15.6 Å². The third-order valence-corrected chi connectivity index (χ3v) is 3.36. The van der Waals surface area contributed by atoms with E-state index < -0.39 is 11.8 Å². The number of hydrogen-bond acceptors (Lipinski definition) is 3. The fourth-order valence-electron chi connectivity index (χ4n) is 2.29. The van der Waals surface area contributed by atoms with Gasteiger partial charge in [0.15, 0.2) is 0 Å². The molecule has 1 aromatic heterocycles. The van der Waals surface area contributed by atoms with Gasteiger partial charge < -0.3 is 10.6 Å². The van der Waals surface area contributed by atoms with Crippen molar-refractivity contribution in [3.8, 4) is 0 Å². The van der Waals surface area contributed by atoms with Gasteiger partial charge in [-0.05, 0) is 36.8 Å². The first-order chi connectivity index (χ1) is 11.1. The van der Waals surface area contributed by atoms with Crippen LogP contribution >= 0.6 is 0 Å². The number of fused-ring (bicyclic) bond motifs is 1. The molecule has 5 nitrogen and oxygen atoms in total. The predicted molar refractivity (Wildman–Crippen MR) is 90.2 cm³/mol. The Bertz CT molecular complexity index is 885. The summed E-state index contributed by atoms with van der Waals surface area (Å²) in [6.45, 7) is 1.91. The number of carbonyl (C=O) groups is 2. The lowest BCUT2D eigenvalue weighted by Gasteiger charge is -2.08. The number of carbonyl (C=O) groups excluding carboxylic acids is 2. The molecule has 1 heterocycles. The lowest BCUT2D eigenvalue weighted by atomic mass is 10.2. The summed E-state index contributed by atoms with van der Waals surface area (Å²) < 4.78 is 0. The lowest BCUT2D eigenvalue weighted by molar-refractivity contribution is -0.132. The van der Waals surface area contributed by atoms with E-state index in [0.29, 0.717) is 16.9 Å². The second-order valence-corrected chi connectivity index (χ2v) is 5.16. The van der Waals surface area contributed by atoms with Crippen LogP contribution in [0.25, 0.3) is 10.9 Å². The Morgan fingerprint density at radius 1 is 0.913 bits per heavy atom. The average molecular weight is 305 g/mol. The van der Waals surface area contributed by atoms with Crippen LogP contribution in [0.15, 0.2) is 60.8 Å². The Labute approximate surface area is 133 Å². The van der Waals surface area contributed by atoms with Crippen molar-refractivity contribution in [3.05, 3.63) is 66.4 Å². The van der Waals surface area contributed by atoms with E-state index in [1.807, 2.05) is 37.3 Å². The van der Waals surface area contributed by atoms with Gasteiger partial charge in [0, 0.05) is 17.3 Å². The molecule has 0 aliphatic rings. The van der Waals surface area contributed by atoms with Gasteiger partial charge in [-0.3, -0.25) is 14.6 Å². The van der Waals surface area contributed by atoms with Crippen LogP contribution in [0.3, 0.4) is 0 Å². The van der Waals surface area contributed by atoms with Gasteiger partial charge in [-0.25, -0.2) is 0 Å². The van der Waals surface area contributed by atoms with Crippen LogP contribution in [0.5, 0.6) is 0 Å². The minimum atomic E-state index is -0.732. The van der Waals surface area contributed by atoms with E-state index in [4.69, 9.17) is 0 Å². The molecule has 0 saturated carbocycles. The van der Waals surface area contributed by atoms with Gasteiger partial charge in [-0.1, -0.05) is 30.3 Å². The van der Waals surface area contributed by atoms with Crippen LogP contribution in [0.4, 0.5) is 11.4 Å². The molecule has 3 aromatic rings. The van der Waals surface area contributed by atoms with Crippen LogP contribution < -0.4 is 10.6 Å². The maximum atomic E-state index is 12.1. The Morgan fingerprint density at radius 2 is 1.65 bits per heavy atom. The van der Waals surface area contributed by atoms with Crippen LogP contribution in [0.2, 0.25) is 0 Å². The van der Waals surface area contributed by atoms with Gasteiger partial charge in [-0.15, -0.1) is 0 Å². The van der Waals surface area contributed by atoms with E-state index in [1.165, 1.54) is 0 Å². The third kappa shape index (κ3) is 3.35. The molecule has 0 saturated heterocycles. The van der Waals surface area contributed by atoms with Crippen LogP contribution in [0, 0.1) is 6.92 Å². The zero-order valence-corrected chi connectivity index (χ0v) is 12.5. The molecule has 0 unspecified atom stereocenters. The van der Waals surface area contributed by atoms with Crippen molar-refractivity contribution in [1.29, 1.82) is 0 Å². The molecule has 114 valence electrons. The molecule has 2 amide bonds. The van der Waals surface area contributed by atoms with Crippen molar-refractivity contribution < 1.29 is 9.59 Å². The van der Waals surface area contributed by atoms with Gasteiger partial charge >= 0.3 is 11.8 Å². The number of rotatable bonds is 2. The van der Waals surface area contributed by atoms with Crippen molar-refractivity contribution in [2.45, 2.75) is 6.92 Å². The highest BCUT2D eigenvalue weighted by molar-refractivity contribution is 6.44. The predicted octanol–water partition coefficient (Wildman–Crippen LogP) is 3.12. The van der Waals surface area contributed by atoms with Crippen molar-refractivity contribution in [2.75, 3.05) is 10.6 Å². The molecule has 0 spiro atoms. The first-order valence-electron chi connectivity index (χ1n) is 7.16. The zero-order chi connectivity index (χ0) is 16.2. The monoisotopic (exact) mass is 305 g/mol. The minimum Gasteiger partial charge on any atom is -0.318 e. The summed E-state index contributed by atoms with van der Waals surface area (Å²) in [6, 6.07) is 16.4. The minimum absolute atomic E-state index is 0.507. The number of pyridine rings is 1. The fraction of sp³-hybridized carbons (Fsp3) is 0.0556. The second kappa shape index (κ2) is 6.27. The zero-order valence-electron chi connectivity index (χ0n) is 12.5. The Balaban J connectivity index is 1.77. The summed E-state index contributed by atoms with van der Waals surface area (Å²) in [6.07, 6.45) is 1.64. The van der Waals surface area contributed by atoms with Gasteiger partial charge in [0.05, 0.1) is 11.2 Å². The Morgan fingerprint density at radius 3 is 2.48 bits per heavy atom. The van der Waals surface area contributed by atoms with E-state index in [1.54, 1.807) is 30.5 Å². The molecule has 5 heteroatoms. The molecule has 0 fully saturated rings. The lowest BCUT2D eigenvalue weighted by Crippen LogP contribution is -2.29. The van der Waals surface area contributed by atoms with Crippen molar-refractivity contribution in [3.63, 3.8) is 0 Å². The molecule has 0 aliphatic heterocycles. The fourth-order valence-corrected chi connectivity index (χ4v) is 2.29. The number of nitrogens with zero attached hydrogens (tertiary/aromatic N) is 1. The first kappa shape index (κ1) is 14.7. The molecule has 0 radical (unpaired) electrons. The number of nitrogens with one attached hydrogen (secondary N) is 2. The topological polar surface area (TPSA) is 71.1 Å². The highest BCUT2D eigenvalue weighted by Gasteiger charge is 2.15. The standard InChI is InChI=1S/C18H15N3O2/c1-12-5-2-8-14(11-12)20-17(22)18(23)21-15-9-3-6-13-7-4-10-19-16(13)15/h2-11H,1H3,(H,20,22)(H,21,23). The van der Waals surface area contributed by atoms with Crippen LogP contribution in [-0.2, 0) is 9.59 Å². The van der Waals surface area contributed by atoms with Gasteiger partial charge in [0.25, 0.3) is 0 Å². The summed E-state index contributed by atoms with van der Waals surface area (Å²) in [7, 11) is 0. The summed E-state index contributed by atoms with van der Waals surface area (Å²) in [5.41, 5.74) is 2.74.